The molecular weight excluding hydrogens is 198 g/mol. The van der Waals surface area contributed by atoms with Crippen molar-refractivity contribution in [1.29, 1.82) is 0 Å². The molecule has 0 bridgehead atoms. The van der Waals surface area contributed by atoms with Gasteiger partial charge in [0.15, 0.2) is 0 Å². The van der Waals surface area contributed by atoms with Crippen molar-refractivity contribution in [1.82, 2.24) is 5.32 Å². The van der Waals surface area contributed by atoms with E-state index in [1.807, 2.05) is 37.3 Å². The molecule has 3 rings (SSSR count). The third-order valence-electron chi connectivity index (χ3n) is 2.73. The van der Waals surface area contributed by atoms with Crippen LogP contribution in [-0.2, 0) is 0 Å². The second-order valence-corrected chi connectivity index (χ2v) is 3.71. The molecule has 0 spiro atoms. The van der Waals surface area contributed by atoms with Crippen molar-refractivity contribution in [3.8, 4) is 16.9 Å². The molecule has 0 atom stereocenters. The van der Waals surface area contributed by atoms with Crippen LogP contribution in [0.2, 0.25) is 0 Å². The predicted molar refractivity (Wildman–Crippen MR) is 64.5 cm³/mol. The Labute approximate surface area is 94.9 Å². The molecule has 0 aromatic heterocycles. The van der Waals surface area contributed by atoms with Gasteiger partial charge < -0.3 is 4.74 Å². The topological polar surface area (TPSA) is 23.3 Å². The molecule has 0 unspecified atom stereocenters. The molecule has 1 radical (unpaired) electrons. The van der Waals surface area contributed by atoms with Crippen LogP contribution < -0.4 is 10.1 Å². The van der Waals surface area contributed by atoms with E-state index in [1.165, 1.54) is 11.1 Å². The fourth-order valence-electron chi connectivity index (χ4n) is 2.05. The summed E-state index contributed by atoms with van der Waals surface area (Å²) in [6.07, 6.45) is 0. The van der Waals surface area contributed by atoms with Crippen LogP contribution in [0.25, 0.3) is 11.1 Å². The van der Waals surface area contributed by atoms with Gasteiger partial charge in [0, 0.05) is 11.1 Å². The van der Waals surface area contributed by atoms with Gasteiger partial charge in [-0.05, 0) is 19.1 Å². The normalized spacial score (nSPS) is 11.6. The molecule has 1 heterocycles. The van der Waals surface area contributed by atoms with Gasteiger partial charge in [-0.15, -0.1) is 0 Å². The molecule has 0 amide bonds. The Kier molecular flexibility index (Phi) is 2.07. The Morgan fingerprint density at radius 3 is 2.69 bits per heavy atom. The maximum Gasteiger partial charge on any atom is 0.145 e. The van der Waals surface area contributed by atoms with Gasteiger partial charge in [0.1, 0.15) is 11.4 Å². The zero-order valence-electron chi connectivity index (χ0n) is 9.10. The number of rotatable bonds is 2. The second-order valence-electron chi connectivity index (χ2n) is 3.71. The van der Waals surface area contributed by atoms with E-state index >= 15 is 0 Å². The lowest BCUT2D eigenvalue weighted by molar-refractivity contribution is 0.341. The van der Waals surface area contributed by atoms with Crippen LogP contribution >= 0.6 is 0 Å². The quantitative estimate of drug-likeness (QED) is 0.633. The first-order valence-corrected chi connectivity index (χ1v) is 5.47. The van der Waals surface area contributed by atoms with Crippen LogP contribution in [0.15, 0.2) is 42.5 Å². The zero-order valence-corrected chi connectivity index (χ0v) is 9.10. The van der Waals surface area contributed by atoms with Crippen molar-refractivity contribution >= 4 is 11.4 Å². The fraction of sp³-hybridized carbons (Fsp3) is 0.143. The lowest BCUT2D eigenvalue weighted by atomic mass is 10.1. The minimum Gasteiger partial charge on any atom is -0.492 e. The number of nitrogens with zero attached hydrogens (tertiary/aromatic N) is 1. The van der Waals surface area contributed by atoms with Gasteiger partial charge in [0.05, 0.1) is 12.3 Å². The van der Waals surface area contributed by atoms with Crippen molar-refractivity contribution in [3.05, 3.63) is 42.5 Å². The molecule has 2 aromatic carbocycles. The zero-order chi connectivity index (χ0) is 11.0. The molecule has 1 aliphatic heterocycles. The number of ether oxygens (including phenoxy) is 1. The molecule has 16 heavy (non-hydrogen) atoms. The molecule has 2 aromatic rings. The highest BCUT2D eigenvalue weighted by Crippen LogP contribution is 2.46. The molecule has 0 N–H and O–H groups in total. The second kappa shape index (κ2) is 3.56. The molecule has 2 nitrogen and oxygen atoms in total. The van der Waals surface area contributed by atoms with E-state index in [9.17, 15) is 0 Å². The summed E-state index contributed by atoms with van der Waals surface area (Å²) in [6, 6.07) is 14.3. The standard InChI is InChI=1S/C14H12NO/c1-2-16-13-9-5-7-11-10-6-3-4-8-12(10)15-14(11)13/h3-9H,2H2,1H3. The predicted octanol–water partition coefficient (Wildman–Crippen LogP) is 3.63. The third-order valence-corrected chi connectivity index (χ3v) is 2.73. The van der Waals surface area contributed by atoms with Gasteiger partial charge in [-0.25, -0.2) is 5.32 Å². The van der Waals surface area contributed by atoms with Gasteiger partial charge >= 0.3 is 0 Å². The summed E-state index contributed by atoms with van der Waals surface area (Å²) < 4.78 is 5.59. The summed E-state index contributed by atoms with van der Waals surface area (Å²) in [5.41, 5.74) is 4.36. The Morgan fingerprint density at radius 2 is 1.81 bits per heavy atom. The summed E-state index contributed by atoms with van der Waals surface area (Å²) in [5, 5.41) is 4.61. The lowest BCUT2D eigenvalue weighted by Gasteiger charge is -2.07. The van der Waals surface area contributed by atoms with E-state index in [0.29, 0.717) is 6.61 Å². The van der Waals surface area contributed by atoms with Crippen LogP contribution in [0.3, 0.4) is 0 Å². The van der Waals surface area contributed by atoms with Crippen LogP contribution in [0.5, 0.6) is 5.75 Å². The molecule has 0 fully saturated rings. The third kappa shape index (κ3) is 1.27. The molecule has 0 aliphatic carbocycles. The van der Waals surface area contributed by atoms with Crippen molar-refractivity contribution < 1.29 is 4.74 Å². The Bertz CT molecular complexity index is 534. The largest absolute Gasteiger partial charge is 0.492 e. The minimum atomic E-state index is 0.669. The number of fused-ring (bicyclic) bond motifs is 3. The number of benzene rings is 2. The highest BCUT2D eigenvalue weighted by atomic mass is 16.5. The van der Waals surface area contributed by atoms with Crippen LogP contribution in [0.4, 0.5) is 11.4 Å². The van der Waals surface area contributed by atoms with Gasteiger partial charge in [-0.1, -0.05) is 30.3 Å². The lowest BCUT2D eigenvalue weighted by Crippen LogP contribution is -1.94. The summed E-state index contributed by atoms with van der Waals surface area (Å²) in [6.45, 7) is 2.66. The van der Waals surface area contributed by atoms with Gasteiger partial charge in [-0.2, -0.15) is 0 Å². The highest BCUT2D eigenvalue weighted by Gasteiger charge is 2.22. The highest BCUT2D eigenvalue weighted by molar-refractivity contribution is 5.93. The fourth-order valence-corrected chi connectivity index (χ4v) is 2.05. The Morgan fingerprint density at radius 1 is 1.00 bits per heavy atom. The first-order chi connectivity index (χ1) is 7.90. The molecule has 1 aliphatic rings. The minimum absolute atomic E-state index is 0.669. The summed E-state index contributed by atoms with van der Waals surface area (Å²) in [5.74, 6) is 0.871. The van der Waals surface area contributed by atoms with Gasteiger partial charge in [0.25, 0.3) is 0 Å². The van der Waals surface area contributed by atoms with E-state index in [4.69, 9.17) is 4.74 Å². The number of hydrogen-bond acceptors (Lipinski definition) is 1. The van der Waals surface area contributed by atoms with Crippen molar-refractivity contribution in [2.24, 2.45) is 0 Å². The van der Waals surface area contributed by atoms with E-state index in [0.717, 1.165) is 17.1 Å². The van der Waals surface area contributed by atoms with Gasteiger partial charge in [0.2, 0.25) is 0 Å². The van der Waals surface area contributed by atoms with Gasteiger partial charge in [-0.3, -0.25) is 0 Å². The Balaban J connectivity index is 2.16. The molecule has 2 heteroatoms. The first kappa shape index (κ1) is 9.28. The van der Waals surface area contributed by atoms with Crippen molar-refractivity contribution in [3.63, 3.8) is 0 Å². The van der Waals surface area contributed by atoms with Crippen LogP contribution in [0, 0.1) is 0 Å². The monoisotopic (exact) mass is 210 g/mol. The van der Waals surface area contributed by atoms with Crippen molar-refractivity contribution in [2.75, 3.05) is 6.61 Å². The number of para-hydroxylation sites is 2. The molecule has 79 valence electrons. The van der Waals surface area contributed by atoms with E-state index in [-0.39, 0.29) is 0 Å². The average Bonchev–Trinajstić information content (AvgIpc) is 2.69. The molecular formula is C14H12NO. The maximum atomic E-state index is 5.59. The van der Waals surface area contributed by atoms with E-state index in [1.54, 1.807) is 0 Å². The Hall–Kier alpha value is -1.96. The average molecular weight is 210 g/mol. The first-order valence-electron chi connectivity index (χ1n) is 5.47. The SMILES string of the molecule is CCOc1cccc2c1[N]c1ccccc1-2. The van der Waals surface area contributed by atoms with E-state index in [2.05, 4.69) is 17.4 Å². The summed E-state index contributed by atoms with van der Waals surface area (Å²) in [7, 11) is 0. The summed E-state index contributed by atoms with van der Waals surface area (Å²) >= 11 is 0. The van der Waals surface area contributed by atoms with Crippen LogP contribution in [0.1, 0.15) is 6.92 Å². The van der Waals surface area contributed by atoms with Crippen LogP contribution in [-0.4, -0.2) is 6.61 Å². The smallest absolute Gasteiger partial charge is 0.145 e. The maximum absolute atomic E-state index is 5.59. The number of hydrogen-bond donors (Lipinski definition) is 0. The van der Waals surface area contributed by atoms with E-state index < -0.39 is 0 Å². The molecule has 0 saturated carbocycles. The van der Waals surface area contributed by atoms with Crippen molar-refractivity contribution in [2.45, 2.75) is 6.92 Å². The summed E-state index contributed by atoms with van der Waals surface area (Å²) in [4.78, 5) is 0. The molecule has 0 saturated heterocycles.